The molecule has 15 heavy (non-hydrogen) atoms. The maximum absolute atomic E-state index is 9.71. The van der Waals surface area contributed by atoms with Gasteiger partial charge in [-0.25, -0.2) is 0 Å². The molecule has 5 heteroatoms. The zero-order valence-electron chi connectivity index (χ0n) is 8.71. The third-order valence-corrected chi connectivity index (χ3v) is 3.75. The van der Waals surface area contributed by atoms with Crippen LogP contribution in [0.3, 0.4) is 0 Å². The second kappa shape index (κ2) is 3.99. The second-order valence-corrected chi connectivity index (χ2v) is 4.83. The highest BCUT2D eigenvalue weighted by atomic mass is 16.3. The van der Waals surface area contributed by atoms with Crippen molar-refractivity contribution in [2.24, 2.45) is 0 Å². The molecule has 0 amide bonds. The maximum atomic E-state index is 9.71. The lowest BCUT2D eigenvalue weighted by atomic mass is 9.83. The van der Waals surface area contributed by atoms with Gasteiger partial charge in [0.05, 0.1) is 31.0 Å². The molecule has 0 spiro atoms. The van der Waals surface area contributed by atoms with Crippen LogP contribution in [0.2, 0.25) is 0 Å². The van der Waals surface area contributed by atoms with Crippen LogP contribution in [0.25, 0.3) is 0 Å². The van der Waals surface area contributed by atoms with Gasteiger partial charge in [-0.05, 0) is 19.3 Å². The van der Waals surface area contributed by atoms with Crippen molar-refractivity contribution in [1.29, 1.82) is 0 Å². The number of β-amino-alcohol motifs (C(OH)–C–C–N with tert-alkyl or cyclic N) is 1. The fourth-order valence-electron chi connectivity index (χ4n) is 3.01. The molecule has 0 unspecified atom stereocenters. The molecule has 2 heterocycles. The average Bonchev–Trinajstić information content (AvgIpc) is 2.57. The normalized spacial score (nSPS) is 40.4. The van der Waals surface area contributed by atoms with E-state index in [1.807, 2.05) is 4.90 Å². The first-order chi connectivity index (χ1) is 7.11. The van der Waals surface area contributed by atoms with E-state index in [2.05, 4.69) is 0 Å². The van der Waals surface area contributed by atoms with Crippen LogP contribution in [-0.4, -0.2) is 68.9 Å². The summed E-state index contributed by atoms with van der Waals surface area (Å²) in [5, 5.41) is 38.1. The summed E-state index contributed by atoms with van der Waals surface area (Å²) in [7, 11) is 0. The Bertz CT molecular complexity index is 231. The van der Waals surface area contributed by atoms with Gasteiger partial charge < -0.3 is 20.4 Å². The molecule has 0 bridgehead atoms. The number of hydrogen-bond donors (Lipinski definition) is 4. The molecule has 4 N–H and O–H groups in total. The standard InChI is InChI=1S/C10H19NO4/c12-5-10(6-13)3-8(14)1-7-2-9(15)4-11(7)10/h7-9,12-15H,1-6H2/t7-,8-,9-/m0/s1. The van der Waals surface area contributed by atoms with Gasteiger partial charge in [-0.15, -0.1) is 0 Å². The SMILES string of the molecule is OCC1(CO)C[C@@H](O)C[C@H]2C[C@H](O)CN21. The lowest BCUT2D eigenvalue weighted by Crippen LogP contribution is -2.61. The number of aliphatic hydroxyl groups is 4. The Morgan fingerprint density at radius 3 is 2.27 bits per heavy atom. The molecule has 2 aliphatic rings. The lowest BCUT2D eigenvalue weighted by Gasteiger charge is -2.48. The van der Waals surface area contributed by atoms with Crippen LogP contribution in [-0.2, 0) is 0 Å². The topological polar surface area (TPSA) is 84.2 Å². The molecule has 0 aromatic rings. The highest BCUT2D eigenvalue weighted by Gasteiger charge is 2.49. The first kappa shape index (κ1) is 11.3. The van der Waals surface area contributed by atoms with Gasteiger partial charge >= 0.3 is 0 Å². The summed E-state index contributed by atoms with van der Waals surface area (Å²) >= 11 is 0. The van der Waals surface area contributed by atoms with Gasteiger partial charge in [0.25, 0.3) is 0 Å². The third kappa shape index (κ3) is 1.79. The predicted octanol–water partition coefficient (Wildman–Crippen LogP) is -1.70. The smallest absolute Gasteiger partial charge is 0.0701 e. The van der Waals surface area contributed by atoms with E-state index in [0.717, 1.165) is 0 Å². The molecule has 0 aliphatic carbocycles. The Hall–Kier alpha value is -0.200. The van der Waals surface area contributed by atoms with Crippen LogP contribution >= 0.6 is 0 Å². The van der Waals surface area contributed by atoms with Crippen molar-refractivity contribution in [3.8, 4) is 0 Å². The van der Waals surface area contributed by atoms with E-state index in [4.69, 9.17) is 0 Å². The van der Waals surface area contributed by atoms with Gasteiger partial charge in [0.15, 0.2) is 0 Å². The molecule has 88 valence electrons. The Morgan fingerprint density at radius 1 is 1.07 bits per heavy atom. The largest absolute Gasteiger partial charge is 0.394 e. The van der Waals surface area contributed by atoms with Crippen LogP contribution in [0, 0.1) is 0 Å². The van der Waals surface area contributed by atoms with E-state index in [1.165, 1.54) is 0 Å². The molecule has 2 aliphatic heterocycles. The minimum absolute atomic E-state index is 0.0862. The number of nitrogens with zero attached hydrogens (tertiary/aromatic N) is 1. The minimum atomic E-state index is -0.750. The van der Waals surface area contributed by atoms with Crippen LogP contribution in [0.15, 0.2) is 0 Å². The molecule has 2 fully saturated rings. The van der Waals surface area contributed by atoms with Gasteiger partial charge in [0, 0.05) is 12.6 Å². The highest BCUT2D eigenvalue weighted by molar-refractivity contribution is 5.04. The van der Waals surface area contributed by atoms with E-state index in [9.17, 15) is 20.4 Å². The van der Waals surface area contributed by atoms with Crippen molar-refractivity contribution in [3.05, 3.63) is 0 Å². The highest BCUT2D eigenvalue weighted by Crippen LogP contribution is 2.37. The fraction of sp³-hybridized carbons (Fsp3) is 1.00. The van der Waals surface area contributed by atoms with Gasteiger partial charge in [-0.3, -0.25) is 4.90 Å². The molecule has 2 rings (SSSR count). The van der Waals surface area contributed by atoms with Gasteiger partial charge in [-0.1, -0.05) is 0 Å². The number of rotatable bonds is 2. The molecule has 0 aromatic carbocycles. The summed E-state index contributed by atoms with van der Waals surface area (Å²) in [4.78, 5) is 1.96. The Balaban J connectivity index is 2.21. The van der Waals surface area contributed by atoms with E-state index in [1.54, 1.807) is 0 Å². The quantitative estimate of drug-likeness (QED) is 0.443. The summed E-state index contributed by atoms with van der Waals surface area (Å²) in [6, 6.07) is 0.0862. The molecule has 0 saturated carbocycles. The predicted molar refractivity (Wildman–Crippen MR) is 53.3 cm³/mol. The van der Waals surface area contributed by atoms with Crippen molar-refractivity contribution < 1.29 is 20.4 Å². The van der Waals surface area contributed by atoms with Crippen molar-refractivity contribution in [1.82, 2.24) is 4.90 Å². The average molecular weight is 217 g/mol. The number of fused-ring (bicyclic) bond motifs is 1. The number of hydrogen-bond acceptors (Lipinski definition) is 5. The van der Waals surface area contributed by atoms with Gasteiger partial charge in [0.1, 0.15) is 0 Å². The summed E-state index contributed by atoms with van der Waals surface area (Å²) in [6.07, 6.45) is 0.731. The monoisotopic (exact) mass is 217 g/mol. The molecule has 2 saturated heterocycles. The summed E-state index contributed by atoms with van der Waals surface area (Å²) < 4.78 is 0. The Kier molecular flexibility index (Phi) is 3.00. The van der Waals surface area contributed by atoms with Gasteiger partial charge in [0.2, 0.25) is 0 Å². The Labute approximate surface area is 88.9 Å². The van der Waals surface area contributed by atoms with E-state index < -0.39 is 17.7 Å². The van der Waals surface area contributed by atoms with Crippen LogP contribution in [0.1, 0.15) is 19.3 Å². The van der Waals surface area contributed by atoms with Crippen LogP contribution in [0.4, 0.5) is 0 Å². The number of piperidine rings is 1. The fourth-order valence-corrected chi connectivity index (χ4v) is 3.01. The zero-order chi connectivity index (χ0) is 11.1. The summed E-state index contributed by atoms with van der Waals surface area (Å²) in [6.45, 7) is 0.131. The van der Waals surface area contributed by atoms with E-state index in [0.29, 0.717) is 25.8 Å². The summed E-state index contributed by atoms with van der Waals surface area (Å²) in [5.41, 5.74) is -0.750. The molecular weight excluding hydrogens is 198 g/mol. The molecular formula is C10H19NO4. The molecule has 0 radical (unpaired) electrons. The molecule has 3 atom stereocenters. The Morgan fingerprint density at radius 2 is 1.67 bits per heavy atom. The van der Waals surface area contributed by atoms with Crippen LogP contribution in [0.5, 0.6) is 0 Å². The number of aliphatic hydroxyl groups excluding tert-OH is 4. The van der Waals surface area contributed by atoms with Crippen molar-refractivity contribution >= 4 is 0 Å². The summed E-state index contributed by atoms with van der Waals surface area (Å²) in [5.74, 6) is 0. The lowest BCUT2D eigenvalue weighted by molar-refractivity contribution is -0.0905. The second-order valence-electron chi connectivity index (χ2n) is 4.83. The van der Waals surface area contributed by atoms with E-state index >= 15 is 0 Å². The van der Waals surface area contributed by atoms with Crippen LogP contribution < -0.4 is 0 Å². The maximum Gasteiger partial charge on any atom is 0.0701 e. The molecule has 5 nitrogen and oxygen atoms in total. The minimum Gasteiger partial charge on any atom is -0.394 e. The zero-order valence-corrected chi connectivity index (χ0v) is 8.71. The van der Waals surface area contributed by atoms with Crippen molar-refractivity contribution in [2.45, 2.75) is 43.1 Å². The van der Waals surface area contributed by atoms with E-state index in [-0.39, 0.29) is 19.3 Å². The molecule has 0 aromatic heterocycles. The first-order valence-corrected chi connectivity index (χ1v) is 5.46. The first-order valence-electron chi connectivity index (χ1n) is 5.46. The van der Waals surface area contributed by atoms with Gasteiger partial charge in [-0.2, -0.15) is 0 Å². The van der Waals surface area contributed by atoms with Crippen molar-refractivity contribution in [2.75, 3.05) is 19.8 Å². The van der Waals surface area contributed by atoms with Crippen molar-refractivity contribution in [3.63, 3.8) is 0 Å². The third-order valence-electron chi connectivity index (χ3n) is 3.75.